The molecule has 0 aliphatic heterocycles. The first-order chi connectivity index (χ1) is 13.1. The number of carbonyl (C=O) groups excluding carboxylic acids is 2. The highest BCUT2D eigenvalue weighted by molar-refractivity contribution is 7.12. The van der Waals surface area contributed by atoms with Crippen LogP contribution in [0.25, 0.3) is 0 Å². The largest absolute Gasteiger partial charge is 0.462 e. The van der Waals surface area contributed by atoms with E-state index in [9.17, 15) is 19.7 Å². The fourth-order valence-electron chi connectivity index (χ4n) is 2.52. The number of carbonyl (C=O) groups is 2. The number of nitro groups is 1. The quantitative estimate of drug-likeness (QED) is 0.264. The number of ether oxygens (including phenoxy) is 1. The van der Waals surface area contributed by atoms with Crippen LogP contribution in [0.4, 0.5) is 5.69 Å². The van der Waals surface area contributed by atoms with Crippen LogP contribution in [0.1, 0.15) is 31.2 Å². The lowest BCUT2D eigenvalue weighted by atomic mass is 10.0. The van der Waals surface area contributed by atoms with Gasteiger partial charge >= 0.3 is 5.97 Å². The zero-order chi connectivity index (χ0) is 19.2. The van der Waals surface area contributed by atoms with E-state index < -0.39 is 10.9 Å². The summed E-state index contributed by atoms with van der Waals surface area (Å²) in [5, 5.41) is 12.5. The summed E-state index contributed by atoms with van der Waals surface area (Å²) in [6, 6.07) is 16.1. The SMILES string of the molecule is O=C(OCCc1ccc([N+](=O)[O-])cc1)c1ccccc1C(=O)c1cccs1. The Kier molecular flexibility index (Phi) is 5.73. The van der Waals surface area contributed by atoms with Crippen LogP contribution in [0, 0.1) is 10.1 Å². The topological polar surface area (TPSA) is 86.5 Å². The summed E-state index contributed by atoms with van der Waals surface area (Å²) in [7, 11) is 0. The second kappa shape index (κ2) is 8.37. The van der Waals surface area contributed by atoms with Crippen molar-refractivity contribution in [3.8, 4) is 0 Å². The standard InChI is InChI=1S/C20H15NO5S/c22-19(18-6-3-13-27-18)16-4-1-2-5-17(16)20(23)26-12-11-14-7-9-15(10-8-14)21(24)25/h1-10,13H,11-12H2. The van der Waals surface area contributed by atoms with E-state index in [1.807, 2.05) is 0 Å². The van der Waals surface area contributed by atoms with Gasteiger partial charge in [0.15, 0.2) is 0 Å². The Bertz CT molecular complexity index is 964. The van der Waals surface area contributed by atoms with Crippen molar-refractivity contribution in [3.63, 3.8) is 0 Å². The molecule has 0 saturated heterocycles. The van der Waals surface area contributed by atoms with Crippen molar-refractivity contribution in [2.45, 2.75) is 6.42 Å². The highest BCUT2D eigenvalue weighted by Gasteiger charge is 2.19. The molecule has 0 fully saturated rings. The number of nitrogens with zero attached hydrogens (tertiary/aromatic N) is 1. The predicted molar refractivity (Wildman–Crippen MR) is 101 cm³/mol. The maximum Gasteiger partial charge on any atom is 0.338 e. The van der Waals surface area contributed by atoms with E-state index in [2.05, 4.69) is 0 Å². The Morgan fingerprint density at radius 3 is 2.30 bits per heavy atom. The minimum atomic E-state index is -0.572. The number of benzene rings is 2. The van der Waals surface area contributed by atoms with E-state index in [1.54, 1.807) is 53.9 Å². The van der Waals surface area contributed by atoms with Gasteiger partial charge in [0, 0.05) is 24.1 Å². The molecule has 0 radical (unpaired) electrons. The molecule has 0 spiro atoms. The molecule has 0 atom stereocenters. The van der Waals surface area contributed by atoms with Gasteiger partial charge < -0.3 is 4.74 Å². The van der Waals surface area contributed by atoms with Crippen molar-refractivity contribution in [2.75, 3.05) is 6.61 Å². The number of rotatable bonds is 7. The van der Waals surface area contributed by atoms with Crippen LogP contribution in [-0.2, 0) is 11.2 Å². The lowest BCUT2D eigenvalue weighted by Gasteiger charge is -2.08. The summed E-state index contributed by atoms with van der Waals surface area (Å²) in [5.41, 5.74) is 1.35. The molecule has 0 aliphatic rings. The molecule has 0 aliphatic carbocycles. The summed E-state index contributed by atoms with van der Waals surface area (Å²) in [5.74, 6) is -0.787. The summed E-state index contributed by atoms with van der Waals surface area (Å²) < 4.78 is 5.30. The van der Waals surface area contributed by atoms with Crippen molar-refractivity contribution in [1.82, 2.24) is 0 Å². The van der Waals surface area contributed by atoms with Crippen LogP contribution >= 0.6 is 11.3 Å². The van der Waals surface area contributed by atoms with Crippen LogP contribution < -0.4 is 0 Å². The first-order valence-electron chi connectivity index (χ1n) is 8.14. The molecule has 3 aromatic rings. The summed E-state index contributed by atoms with van der Waals surface area (Å²) in [6.45, 7) is 0.109. The summed E-state index contributed by atoms with van der Waals surface area (Å²) in [4.78, 5) is 35.7. The van der Waals surface area contributed by atoms with Crippen LogP contribution in [0.15, 0.2) is 66.0 Å². The molecule has 0 saturated carbocycles. The van der Waals surface area contributed by atoms with Crippen molar-refractivity contribution in [1.29, 1.82) is 0 Å². The molecule has 2 aromatic carbocycles. The van der Waals surface area contributed by atoms with E-state index >= 15 is 0 Å². The molecule has 3 rings (SSSR count). The first kappa shape index (κ1) is 18.5. The molecule has 27 heavy (non-hydrogen) atoms. The van der Waals surface area contributed by atoms with Gasteiger partial charge in [0.25, 0.3) is 5.69 Å². The van der Waals surface area contributed by atoms with E-state index in [-0.39, 0.29) is 23.6 Å². The van der Waals surface area contributed by atoms with Crippen LogP contribution in [-0.4, -0.2) is 23.3 Å². The van der Waals surface area contributed by atoms with Crippen molar-refractivity contribution < 1.29 is 19.2 Å². The van der Waals surface area contributed by atoms with E-state index in [0.29, 0.717) is 16.9 Å². The molecule has 0 unspecified atom stereocenters. The zero-order valence-corrected chi connectivity index (χ0v) is 15.0. The van der Waals surface area contributed by atoms with Gasteiger partial charge in [0.2, 0.25) is 5.78 Å². The molecule has 6 nitrogen and oxygen atoms in total. The van der Waals surface area contributed by atoms with Crippen molar-refractivity contribution in [2.24, 2.45) is 0 Å². The first-order valence-corrected chi connectivity index (χ1v) is 9.02. The number of esters is 1. The average Bonchev–Trinajstić information content (AvgIpc) is 3.22. The van der Waals surface area contributed by atoms with E-state index in [4.69, 9.17) is 4.74 Å². The molecular weight excluding hydrogens is 366 g/mol. The van der Waals surface area contributed by atoms with Crippen LogP contribution in [0.5, 0.6) is 0 Å². The summed E-state index contributed by atoms with van der Waals surface area (Å²) >= 11 is 1.31. The van der Waals surface area contributed by atoms with Crippen LogP contribution in [0.2, 0.25) is 0 Å². The van der Waals surface area contributed by atoms with Crippen molar-refractivity contribution in [3.05, 3.63) is 97.7 Å². The summed E-state index contributed by atoms with van der Waals surface area (Å²) in [6.07, 6.45) is 0.421. The second-order valence-electron chi connectivity index (χ2n) is 5.66. The van der Waals surface area contributed by atoms with Crippen LogP contribution in [0.3, 0.4) is 0 Å². The Hall–Kier alpha value is -3.32. The Balaban J connectivity index is 1.65. The molecule has 1 heterocycles. The van der Waals surface area contributed by atoms with E-state index in [1.165, 1.54) is 23.5 Å². The molecule has 0 bridgehead atoms. The number of hydrogen-bond acceptors (Lipinski definition) is 6. The monoisotopic (exact) mass is 381 g/mol. The number of non-ortho nitro benzene ring substituents is 1. The van der Waals surface area contributed by atoms with Gasteiger partial charge in [0.05, 0.1) is 22.0 Å². The van der Waals surface area contributed by atoms with Gasteiger partial charge in [-0.25, -0.2) is 4.79 Å². The normalized spacial score (nSPS) is 10.4. The zero-order valence-electron chi connectivity index (χ0n) is 14.2. The van der Waals surface area contributed by atoms with Gasteiger partial charge in [-0.15, -0.1) is 11.3 Å². The maximum atomic E-state index is 12.6. The second-order valence-corrected chi connectivity index (χ2v) is 6.61. The molecule has 0 N–H and O–H groups in total. The Morgan fingerprint density at radius 1 is 0.963 bits per heavy atom. The highest BCUT2D eigenvalue weighted by atomic mass is 32.1. The third-order valence-electron chi connectivity index (χ3n) is 3.91. The smallest absolute Gasteiger partial charge is 0.338 e. The van der Waals surface area contributed by atoms with Gasteiger partial charge in [-0.3, -0.25) is 14.9 Å². The fourth-order valence-corrected chi connectivity index (χ4v) is 3.20. The lowest BCUT2D eigenvalue weighted by molar-refractivity contribution is -0.384. The molecule has 0 amide bonds. The van der Waals surface area contributed by atoms with Gasteiger partial charge in [-0.05, 0) is 23.1 Å². The predicted octanol–water partition coefficient (Wildman–Crippen LogP) is 4.29. The minimum absolute atomic E-state index is 0.0109. The number of hydrogen-bond donors (Lipinski definition) is 0. The van der Waals surface area contributed by atoms with Gasteiger partial charge in [0.1, 0.15) is 0 Å². The maximum absolute atomic E-state index is 12.6. The van der Waals surface area contributed by atoms with Gasteiger partial charge in [-0.1, -0.05) is 36.4 Å². The third kappa shape index (κ3) is 4.45. The molecule has 7 heteroatoms. The third-order valence-corrected chi connectivity index (χ3v) is 4.78. The molecule has 136 valence electrons. The van der Waals surface area contributed by atoms with E-state index in [0.717, 1.165) is 5.56 Å². The number of ketones is 1. The highest BCUT2D eigenvalue weighted by Crippen LogP contribution is 2.19. The fraction of sp³-hybridized carbons (Fsp3) is 0.100. The minimum Gasteiger partial charge on any atom is -0.462 e. The van der Waals surface area contributed by atoms with Crippen molar-refractivity contribution >= 4 is 28.8 Å². The lowest BCUT2D eigenvalue weighted by Crippen LogP contribution is -2.13. The Morgan fingerprint density at radius 2 is 1.67 bits per heavy atom. The molecular formula is C20H15NO5S. The number of nitro benzene ring substituents is 1. The molecule has 1 aromatic heterocycles. The Labute approximate surface area is 159 Å². The average molecular weight is 381 g/mol. The van der Waals surface area contributed by atoms with Gasteiger partial charge in [-0.2, -0.15) is 0 Å². The number of thiophene rings is 1.